The molecule has 9 aromatic heterocycles. The van der Waals surface area contributed by atoms with Gasteiger partial charge in [0.05, 0.1) is 108 Å². The molecule has 0 aromatic carbocycles. The summed E-state index contributed by atoms with van der Waals surface area (Å²) < 4.78 is 199. The average Bonchev–Trinajstić information content (AvgIpc) is 1.60. The van der Waals surface area contributed by atoms with Crippen molar-refractivity contribution >= 4 is 121 Å². The summed E-state index contributed by atoms with van der Waals surface area (Å²) >= 11 is 0. The summed E-state index contributed by atoms with van der Waals surface area (Å²) in [6.45, 7) is 0.909. The monoisotopic (exact) mass is 2130 g/mol. The van der Waals surface area contributed by atoms with E-state index >= 15 is 0 Å². The summed E-state index contributed by atoms with van der Waals surface area (Å²) in [6, 6.07) is -0.794. The molecule has 7 aliphatic heterocycles. The number of anilines is 4. The predicted octanol–water partition coefficient (Wildman–Crippen LogP) is -21.7. The Bertz CT molecular complexity index is 6470. The molecule has 6 saturated heterocycles. The van der Waals surface area contributed by atoms with Gasteiger partial charge in [0.2, 0.25) is 11.9 Å². The van der Waals surface area contributed by atoms with Crippen molar-refractivity contribution in [1.82, 2.24) is 97.8 Å². The number of aromatic nitrogens is 18. The fraction of sp³-hybridized carbons (Fsp3) is 0.591. The number of nitrogens with one attached hydrogen (secondary N) is 4. The summed E-state index contributed by atoms with van der Waals surface area (Å²) in [6.07, 6.45) is -23.3. The van der Waals surface area contributed by atoms with Crippen molar-refractivity contribution in [3.8, 4) is 0 Å². The first-order chi connectivity index (χ1) is 62.8. The van der Waals surface area contributed by atoms with Crippen molar-refractivity contribution in [1.29, 1.82) is 0 Å². The standard InChI is InChI=1S/C66H91N25O36P6.6Na/c1-27(2)116-30-9-44(88-23-76-47-53(68)72-21-74-55(47)88)117-35(30)16-114-133(107,108)127-51-40(122-62(52(51)109-6)91-26-79-50-58(91)82-64(71)84-61(50)94)20-115-132(105,106)126-33-12-45(89-24-77-48-54(69)73-22-75-56(48)89)120-38(33)18-112-130(101,102)124-32-11-43(87-14-29(5)59(92)85-66(87)96)119-37(32)17-111-131(103,104)125-34-13-46(90-25-78-49-57(90)81-63(70)83-60(49)93)121-39(34)19-113-129(99,100)123-31-10-42(86-8-7-41(67)80-65(86)95)118-36(31)15-110-128(97,98)28(3)4;;;;;;/h7-8,14,21-28,30-46,51-52,62H,9-13,15-20,67H2,1-6H3,(H,80,95)(H,97,98)(H,99,100)(H,101,102)(H,103,104)(H,105,106)(H,107,108)(H2,68,72,74)(H2,69,73,75)(H,85,92,96)(H3,70,81,83,93)(H3,71,82,84,94);;;;;;/q;6*+1/p-6. The zero-order valence-electron chi connectivity index (χ0n) is 76.1. The first-order valence-corrected chi connectivity index (χ1v) is 49.2. The number of methoxy groups -OCH3 is 1. The predicted molar refractivity (Wildman–Crippen MR) is 431 cm³/mol. The minimum atomic E-state index is -5.98. The average molecular weight is 2130 g/mol. The van der Waals surface area contributed by atoms with Gasteiger partial charge < -0.3 is 156 Å². The Kier molecular flexibility index (Phi) is 41.0. The number of nitrogen functional groups attached to an aromatic ring is 4. The summed E-state index contributed by atoms with van der Waals surface area (Å²) in [5.74, 6) is -0.857. The molecule has 0 bridgehead atoms. The number of ether oxygens (including phenoxy) is 8. The van der Waals surface area contributed by atoms with Crippen LogP contribution in [0.1, 0.15) is 96.5 Å². The number of urea groups is 1. The Morgan fingerprint density at radius 1 is 0.439 bits per heavy atom. The molecule has 16 heterocycles. The first kappa shape index (κ1) is 118. The maximum absolute atomic E-state index is 14.6. The number of phosphoric ester groups is 5. The van der Waals surface area contributed by atoms with E-state index in [1.165, 1.54) is 56.6 Å². The van der Waals surface area contributed by atoms with Gasteiger partial charge in [0, 0.05) is 62.8 Å². The van der Waals surface area contributed by atoms with Crippen LogP contribution in [0.4, 0.5) is 28.3 Å². The molecule has 0 aliphatic carbocycles. The van der Waals surface area contributed by atoms with Crippen LogP contribution in [-0.2, 0) is 115 Å². The molecule has 14 N–H and O–H groups in total. The molecule has 139 heavy (non-hydrogen) atoms. The number of phosphoric acid groups is 5. The van der Waals surface area contributed by atoms with Crippen LogP contribution in [0.5, 0.6) is 0 Å². The number of hydrogen-bond donors (Lipinski definition) is 9. The van der Waals surface area contributed by atoms with E-state index in [1.807, 2.05) is 0 Å². The van der Waals surface area contributed by atoms with Gasteiger partial charge in [-0.15, -0.1) is 0 Å². The maximum Gasteiger partial charge on any atom is 1.00 e. The minimum Gasteiger partial charge on any atom is -0.778 e. The van der Waals surface area contributed by atoms with Crippen LogP contribution in [-0.4, -0.2) is 249 Å². The first-order valence-electron chi connectivity index (χ1n) is 40.3. The second kappa shape index (κ2) is 48.3. The third kappa shape index (κ3) is 27.5. The Hall–Kier alpha value is -2.97. The molecule has 61 nitrogen and oxygen atoms in total. The number of imidazole rings is 4. The topological polar surface area (TPSA) is 848 Å². The van der Waals surface area contributed by atoms with Crippen molar-refractivity contribution in [3.63, 3.8) is 0 Å². The van der Waals surface area contributed by atoms with Crippen molar-refractivity contribution in [3.05, 3.63) is 104 Å². The van der Waals surface area contributed by atoms with Crippen molar-refractivity contribution in [2.75, 3.05) is 69.7 Å². The second-order valence-electron chi connectivity index (χ2n) is 31.5. The third-order valence-electron chi connectivity index (χ3n) is 21.9. The van der Waals surface area contributed by atoms with E-state index in [2.05, 4.69) is 70.1 Å². The van der Waals surface area contributed by atoms with Gasteiger partial charge in [0.1, 0.15) is 111 Å². The van der Waals surface area contributed by atoms with Crippen molar-refractivity contribution in [2.45, 2.75) is 201 Å². The molecule has 0 radical (unpaired) electrons. The molecule has 16 rings (SSSR count). The molecule has 0 spiro atoms. The number of carbonyl (C=O) groups is 1. The second-order valence-corrected chi connectivity index (χ2v) is 40.7. The summed E-state index contributed by atoms with van der Waals surface area (Å²) in [4.78, 5) is 199. The molecule has 7 aliphatic rings. The number of H-pyrrole nitrogens is 3. The van der Waals surface area contributed by atoms with Gasteiger partial charge in [-0.25, -0.2) is 49.5 Å². The van der Waals surface area contributed by atoms with E-state index in [0.717, 1.165) is 50.9 Å². The van der Waals surface area contributed by atoms with Crippen LogP contribution in [0, 0.1) is 6.92 Å². The molecular weight excluding hydrogens is 2040 g/mol. The van der Waals surface area contributed by atoms with Gasteiger partial charge in [0.15, 0.2) is 51.5 Å². The molecule has 0 saturated carbocycles. The number of nitrogens with two attached hydrogens (primary N) is 5. The van der Waals surface area contributed by atoms with Crippen molar-refractivity contribution in [2.24, 2.45) is 5.73 Å². The molecule has 726 valence electrons. The molecule has 26 unspecified atom stereocenters. The SMILES string of the molecule is COC1C(OP(=O)([O-])OCC2OC(n3cnc4c(N)ncnc43)CC2OC(C)C)C(COP(=O)([O-])OC2CC(n3cnc4c(N)ncnc43)OC2COP(=O)([O-])OC2CC(n3cc(C)c(=O)[nH]c3=O)OC2COP(=O)([O-])OC2CC(n3cnc4c(=O)[nH]c(N)nc43)OC2COP(=O)([O-])OC2CC(N3C=CC(N)NC3=O)OC2COP(=O)([O-])C(C)C)OC1n1cnc2c(=O)[nH]c(N)nc21.[Na+].[Na+].[Na+].[Na+].[Na+].[Na+]. The van der Waals surface area contributed by atoms with Crippen LogP contribution in [0.15, 0.2) is 75.6 Å². The van der Waals surface area contributed by atoms with Gasteiger partial charge in [-0.05, 0) is 26.8 Å². The van der Waals surface area contributed by atoms with Gasteiger partial charge in [-0.2, -0.15) is 9.97 Å². The number of nitrogens with zero attached hydrogens (tertiary/aromatic N) is 16. The summed E-state index contributed by atoms with van der Waals surface area (Å²) in [5.41, 5.74) is 24.5. The van der Waals surface area contributed by atoms with E-state index in [9.17, 15) is 80.7 Å². The smallest absolute Gasteiger partial charge is 0.778 e. The number of rotatable bonds is 38. The Morgan fingerprint density at radius 3 is 1.23 bits per heavy atom. The molecule has 2 amide bonds. The van der Waals surface area contributed by atoms with Crippen LogP contribution in [0.25, 0.3) is 44.7 Å². The number of hydrogen-bond acceptors (Lipinski definition) is 51. The molecule has 73 heteroatoms. The van der Waals surface area contributed by atoms with Gasteiger partial charge in [0.25, 0.3) is 55.8 Å². The van der Waals surface area contributed by atoms with Gasteiger partial charge in [-0.3, -0.25) is 79.9 Å². The number of aryl methyl sites for hydroxylation is 1. The van der Waals surface area contributed by atoms with Gasteiger partial charge in [-0.1, -0.05) is 13.8 Å². The maximum atomic E-state index is 14.6. The van der Waals surface area contributed by atoms with E-state index in [-0.39, 0.29) is 246 Å². The number of carbonyl (C=O) groups excluding carboxylic acids is 1. The Morgan fingerprint density at radius 2 is 0.806 bits per heavy atom. The summed E-state index contributed by atoms with van der Waals surface area (Å²) in [7, 11) is -32.8. The van der Waals surface area contributed by atoms with E-state index < -0.39 is 287 Å². The quantitative estimate of drug-likeness (QED) is 0.0128. The van der Waals surface area contributed by atoms with Crippen LogP contribution >= 0.6 is 46.7 Å². The number of amides is 2. The zero-order valence-corrected chi connectivity index (χ0v) is 93.5. The van der Waals surface area contributed by atoms with E-state index in [4.69, 9.17) is 116 Å². The number of aromatic amines is 3. The van der Waals surface area contributed by atoms with Crippen LogP contribution in [0.3, 0.4) is 0 Å². The third-order valence-corrected chi connectivity index (χ3v) is 28.6. The van der Waals surface area contributed by atoms with Crippen molar-refractivity contribution < 1.29 is 327 Å². The fourth-order valence-electron chi connectivity index (χ4n) is 15.6. The number of fused-ring (bicyclic) bond motifs is 4. The molecular formula is C66H85N25Na6O36P6. The van der Waals surface area contributed by atoms with Crippen LogP contribution in [0.2, 0.25) is 0 Å². The van der Waals surface area contributed by atoms with E-state index in [1.54, 1.807) is 18.4 Å². The minimum absolute atomic E-state index is 0. The molecule has 26 atom stereocenters. The Balaban J connectivity index is 0.00000332. The zero-order chi connectivity index (χ0) is 95.0. The van der Waals surface area contributed by atoms with Gasteiger partial charge >= 0.3 is 189 Å². The normalized spacial score (nSPS) is 29.0. The Labute approximate surface area is 915 Å². The molecule has 9 aromatic rings. The largest absolute Gasteiger partial charge is 1.00 e. The summed E-state index contributed by atoms with van der Waals surface area (Å²) in [5, 5.41) is 2.42. The molecule has 6 fully saturated rings. The van der Waals surface area contributed by atoms with E-state index in [0.29, 0.717) is 0 Å². The van der Waals surface area contributed by atoms with Crippen LogP contribution < -0.4 is 263 Å². The fourth-order valence-corrected chi connectivity index (χ4v) is 21.0.